The summed E-state index contributed by atoms with van der Waals surface area (Å²) in [5.74, 6) is -3.00. The van der Waals surface area contributed by atoms with Gasteiger partial charge in [-0.1, -0.05) is 19.4 Å². The van der Waals surface area contributed by atoms with Crippen molar-refractivity contribution in [1.29, 1.82) is 0 Å². The molecule has 3 N–H and O–H groups in total. The minimum Gasteiger partial charge on any atom is -0.875 e. The van der Waals surface area contributed by atoms with Gasteiger partial charge in [0.05, 0.1) is 19.3 Å². The summed E-state index contributed by atoms with van der Waals surface area (Å²) in [5, 5.41) is 38.4. The Hall–Kier alpha value is -1.53. The summed E-state index contributed by atoms with van der Waals surface area (Å²) in [4.78, 5) is 35.7. The monoisotopic (exact) mass is 380 g/mol. The fraction of sp³-hybridized carbons (Fsp3) is 0.706. The van der Waals surface area contributed by atoms with Crippen LogP contribution < -0.4 is 24.0 Å². The Bertz CT molecular complexity index is 468. The number of carbonyl (C=O) groups is 3. The van der Waals surface area contributed by atoms with Crippen LogP contribution in [-0.4, -0.2) is 82.3 Å². The van der Waals surface area contributed by atoms with Gasteiger partial charge < -0.3 is 25.3 Å². The standard InChI is InChI=1S/C17H30N2O7.Li/c1-2-3-4-14(20)13-19(10-7-17(25)26)12-11-18(8-5-15(21)22)9-6-16(23)24;/h4,20H,2-3,5-13H2,1H3,(H,21,22)(H,23,24)(H,25,26);/q;+1/p-1/b14-4-;. The number of nitrogens with zero attached hydrogens (tertiary/aromatic N) is 2. The van der Waals surface area contributed by atoms with Crippen LogP contribution in [0, 0.1) is 0 Å². The van der Waals surface area contributed by atoms with Crippen molar-refractivity contribution in [2.45, 2.75) is 39.0 Å². The number of rotatable bonds is 16. The quantitative estimate of drug-likeness (QED) is 0.189. The second-order valence-electron chi connectivity index (χ2n) is 6.01. The van der Waals surface area contributed by atoms with E-state index in [0.717, 1.165) is 6.42 Å². The van der Waals surface area contributed by atoms with Gasteiger partial charge >= 0.3 is 36.8 Å². The Kier molecular flexibility index (Phi) is 17.0. The average molecular weight is 380 g/mol. The van der Waals surface area contributed by atoms with Crippen LogP contribution in [0.4, 0.5) is 0 Å². The summed E-state index contributed by atoms with van der Waals surface area (Å²) in [6.45, 7) is 3.37. The van der Waals surface area contributed by atoms with E-state index >= 15 is 0 Å². The first-order chi connectivity index (χ1) is 12.2. The van der Waals surface area contributed by atoms with Crippen molar-refractivity contribution in [2.24, 2.45) is 0 Å². The first-order valence-electron chi connectivity index (χ1n) is 8.70. The fourth-order valence-corrected chi connectivity index (χ4v) is 2.24. The number of allylic oxidation sites excluding steroid dienone is 1. The van der Waals surface area contributed by atoms with Gasteiger partial charge in [-0.3, -0.25) is 19.3 Å². The van der Waals surface area contributed by atoms with E-state index in [4.69, 9.17) is 15.3 Å². The molecule has 0 spiro atoms. The maximum Gasteiger partial charge on any atom is 1.00 e. The molecule has 0 heterocycles. The van der Waals surface area contributed by atoms with Gasteiger partial charge in [-0.25, -0.2) is 0 Å². The van der Waals surface area contributed by atoms with Crippen LogP contribution in [0.5, 0.6) is 0 Å². The molecule has 0 atom stereocenters. The van der Waals surface area contributed by atoms with Crippen molar-refractivity contribution < 1.29 is 53.7 Å². The first kappa shape index (κ1) is 27.7. The Labute approximate surface area is 171 Å². The molecule has 0 aliphatic heterocycles. The van der Waals surface area contributed by atoms with Crippen LogP contribution in [0.3, 0.4) is 0 Å². The van der Waals surface area contributed by atoms with Gasteiger partial charge in [0.15, 0.2) is 0 Å². The molecule has 0 saturated heterocycles. The molecule has 0 fully saturated rings. The summed E-state index contributed by atoms with van der Waals surface area (Å²) in [6, 6.07) is 0. The molecule has 0 unspecified atom stereocenters. The number of aliphatic carboxylic acids is 3. The van der Waals surface area contributed by atoms with Gasteiger partial charge in [0, 0.05) is 39.3 Å². The molecule has 27 heavy (non-hydrogen) atoms. The minimum absolute atomic E-state index is 0. The summed E-state index contributed by atoms with van der Waals surface area (Å²) < 4.78 is 0. The number of hydrogen-bond donors (Lipinski definition) is 3. The molecule has 0 aromatic heterocycles. The fourth-order valence-electron chi connectivity index (χ4n) is 2.24. The van der Waals surface area contributed by atoms with E-state index < -0.39 is 17.9 Å². The minimum atomic E-state index is -0.975. The molecule has 0 saturated carbocycles. The zero-order valence-corrected chi connectivity index (χ0v) is 16.2. The maximum atomic E-state index is 11.9. The molecular formula is C17H29LiN2O7. The third-order valence-corrected chi connectivity index (χ3v) is 3.70. The zero-order chi connectivity index (χ0) is 19.9. The molecule has 0 aliphatic carbocycles. The molecule has 0 radical (unpaired) electrons. The van der Waals surface area contributed by atoms with E-state index in [1.54, 1.807) is 15.9 Å². The van der Waals surface area contributed by atoms with Crippen molar-refractivity contribution in [3.63, 3.8) is 0 Å². The van der Waals surface area contributed by atoms with E-state index in [9.17, 15) is 19.5 Å². The largest absolute Gasteiger partial charge is 1.00 e. The van der Waals surface area contributed by atoms with E-state index in [-0.39, 0.29) is 70.1 Å². The SMILES string of the molecule is CCC/C=C(\[O-])CN(CCC(=O)O)CCN(CCC(=O)O)CCC(=O)O.[Li+]. The second kappa shape index (κ2) is 16.6. The number of unbranched alkanes of at least 4 members (excludes halogenated alkanes) is 1. The van der Waals surface area contributed by atoms with Crippen LogP contribution in [0.15, 0.2) is 11.8 Å². The predicted octanol–water partition coefficient (Wildman–Crippen LogP) is -2.94. The van der Waals surface area contributed by atoms with E-state index in [0.29, 0.717) is 19.5 Å². The normalized spacial score (nSPS) is 11.4. The van der Waals surface area contributed by atoms with Crippen LogP contribution in [0.2, 0.25) is 0 Å². The predicted molar refractivity (Wildman–Crippen MR) is 92.6 cm³/mol. The third kappa shape index (κ3) is 17.6. The van der Waals surface area contributed by atoms with Crippen molar-refractivity contribution in [3.05, 3.63) is 11.8 Å². The Morgan fingerprint density at radius 3 is 1.63 bits per heavy atom. The molecule has 0 bridgehead atoms. The van der Waals surface area contributed by atoms with Gasteiger partial charge in [0.1, 0.15) is 0 Å². The topological polar surface area (TPSA) is 141 Å². The Balaban J connectivity index is 0. The summed E-state index contributed by atoms with van der Waals surface area (Å²) in [7, 11) is 0. The molecule has 9 nitrogen and oxygen atoms in total. The van der Waals surface area contributed by atoms with E-state index in [1.165, 1.54) is 0 Å². The van der Waals surface area contributed by atoms with Crippen LogP contribution in [-0.2, 0) is 14.4 Å². The van der Waals surface area contributed by atoms with Crippen molar-refractivity contribution >= 4 is 17.9 Å². The molecule has 0 aliphatic rings. The molecule has 0 aromatic carbocycles. The van der Waals surface area contributed by atoms with Gasteiger partial charge in [-0.15, -0.1) is 5.76 Å². The van der Waals surface area contributed by atoms with Crippen molar-refractivity contribution in [2.75, 3.05) is 39.3 Å². The molecule has 0 aromatic rings. The Morgan fingerprint density at radius 2 is 1.22 bits per heavy atom. The number of hydrogen-bond acceptors (Lipinski definition) is 6. The molecule has 0 amide bonds. The summed E-state index contributed by atoms with van der Waals surface area (Å²) in [5.41, 5.74) is 0. The van der Waals surface area contributed by atoms with Crippen molar-refractivity contribution in [1.82, 2.24) is 9.80 Å². The van der Waals surface area contributed by atoms with Crippen LogP contribution >= 0.6 is 0 Å². The van der Waals surface area contributed by atoms with Gasteiger partial charge in [0.25, 0.3) is 0 Å². The average Bonchev–Trinajstić information content (AvgIpc) is 2.56. The number of carboxylic acid groups (broad SMARTS) is 3. The molecular weight excluding hydrogens is 351 g/mol. The van der Waals surface area contributed by atoms with Gasteiger partial charge in [-0.05, 0) is 6.42 Å². The van der Waals surface area contributed by atoms with Crippen molar-refractivity contribution in [3.8, 4) is 0 Å². The zero-order valence-electron chi connectivity index (χ0n) is 16.2. The smallest absolute Gasteiger partial charge is 0.875 e. The first-order valence-corrected chi connectivity index (χ1v) is 8.70. The van der Waals surface area contributed by atoms with E-state index in [1.807, 2.05) is 6.92 Å². The summed E-state index contributed by atoms with van der Waals surface area (Å²) >= 11 is 0. The maximum absolute atomic E-state index is 11.9. The van der Waals surface area contributed by atoms with Gasteiger partial charge in [0.2, 0.25) is 0 Å². The van der Waals surface area contributed by atoms with E-state index in [2.05, 4.69) is 0 Å². The Morgan fingerprint density at radius 1 is 0.815 bits per heavy atom. The molecule has 0 rings (SSSR count). The van der Waals surface area contributed by atoms with Gasteiger partial charge in [-0.2, -0.15) is 0 Å². The number of carboxylic acids is 3. The van der Waals surface area contributed by atoms with Crippen LogP contribution in [0.1, 0.15) is 39.0 Å². The summed E-state index contributed by atoms with van der Waals surface area (Å²) in [6.07, 6.45) is 2.76. The van der Waals surface area contributed by atoms with Crippen LogP contribution in [0.25, 0.3) is 0 Å². The second-order valence-corrected chi connectivity index (χ2v) is 6.01. The third-order valence-electron chi connectivity index (χ3n) is 3.70. The molecule has 10 heteroatoms. The molecule has 150 valence electrons.